The van der Waals surface area contributed by atoms with E-state index in [-0.39, 0.29) is 23.4 Å². The third kappa shape index (κ3) is 5.74. The number of ether oxygens (including phenoxy) is 1. The number of phenols is 1. The van der Waals surface area contributed by atoms with E-state index in [0.29, 0.717) is 27.7 Å². The lowest BCUT2D eigenvalue weighted by Gasteiger charge is -2.11. The van der Waals surface area contributed by atoms with Crippen LogP contribution in [0.25, 0.3) is 22.2 Å². The second kappa shape index (κ2) is 10.4. The minimum absolute atomic E-state index is 0.0344. The van der Waals surface area contributed by atoms with Crippen LogP contribution in [0.5, 0.6) is 11.5 Å². The highest BCUT2D eigenvalue weighted by atomic mass is 127. The molecule has 0 saturated heterocycles. The quantitative estimate of drug-likeness (QED) is 0.182. The van der Waals surface area contributed by atoms with Crippen LogP contribution >= 0.6 is 22.6 Å². The van der Waals surface area contributed by atoms with E-state index in [1.54, 1.807) is 35.9 Å². The Kier molecular flexibility index (Phi) is 7.35. The number of nitrogens with one attached hydrogen (secondary N) is 1. The fourth-order valence-electron chi connectivity index (χ4n) is 3.98. The first-order valence-electron chi connectivity index (χ1n) is 10.9. The van der Waals surface area contributed by atoms with Crippen molar-refractivity contribution in [1.82, 2.24) is 4.57 Å². The molecule has 0 bridgehead atoms. The Labute approximate surface area is 226 Å². The largest absolute Gasteiger partial charge is 0.573 e. The van der Waals surface area contributed by atoms with Gasteiger partial charge < -0.3 is 24.8 Å². The number of halogens is 4. The average molecular weight is 638 g/mol. The number of hydrogen-bond donors (Lipinski definition) is 3. The number of carbonyl (C=O) groups excluding carboxylic acids is 2. The van der Waals surface area contributed by atoms with Gasteiger partial charge in [0.05, 0.1) is 11.2 Å². The minimum Gasteiger partial charge on any atom is -0.507 e. The number of hydrogen-bond acceptors (Lipinski definition) is 5. The number of aromatic carboxylic acids is 1. The summed E-state index contributed by atoms with van der Waals surface area (Å²) in [7, 11) is 1.75. The summed E-state index contributed by atoms with van der Waals surface area (Å²) in [6.45, 7) is 0. The molecule has 12 heteroatoms. The number of carbonyl (C=O) groups is 3. The molecule has 0 aliphatic carbocycles. The molecule has 0 unspecified atom stereocenters. The molecule has 0 saturated carbocycles. The van der Waals surface area contributed by atoms with Gasteiger partial charge in [0, 0.05) is 40.2 Å². The number of carboxylic acid groups (broad SMARTS) is 1. The number of anilines is 1. The summed E-state index contributed by atoms with van der Waals surface area (Å²) in [5, 5.41) is 22.4. The van der Waals surface area contributed by atoms with Crippen molar-refractivity contribution in [3.05, 3.63) is 75.4 Å². The lowest BCUT2D eigenvalue weighted by Crippen LogP contribution is -2.24. The first-order chi connectivity index (χ1) is 17.8. The lowest BCUT2D eigenvalue weighted by molar-refractivity contribution is -0.274. The van der Waals surface area contributed by atoms with Crippen molar-refractivity contribution in [2.24, 2.45) is 7.05 Å². The third-order valence-corrected chi connectivity index (χ3v) is 6.72. The number of aromatic nitrogens is 1. The van der Waals surface area contributed by atoms with E-state index >= 15 is 0 Å². The summed E-state index contributed by atoms with van der Waals surface area (Å²) in [5.41, 5.74) is 2.24. The van der Waals surface area contributed by atoms with Gasteiger partial charge in [-0.05, 0) is 58.0 Å². The number of ketones is 1. The maximum Gasteiger partial charge on any atom is 0.573 e. The number of alkyl halides is 3. The molecule has 4 rings (SSSR count). The summed E-state index contributed by atoms with van der Waals surface area (Å²) >= 11 is 2.08. The molecule has 1 aromatic heterocycles. The average Bonchev–Trinajstić information content (AvgIpc) is 3.06. The Morgan fingerprint density at radius 3 is 2.45 bits per heavy atom. The molecule has 38 heavy (non-hydrogen) atoms. The maximum absolute atomic E-state index is 12.6. The molecule has 1 heterocycles. The molecule has 3 N–H and O–H groups in total. The molecule has 0 radical (unpaired) electrons. The lowest BCUT2D eigenvalue weighted by atomic mass is 10.0. The Morgan fingerprint density at radius 1 is 1.05 bits per heavy atom. The van der Waals surface area contributed by atoms with Crippen LogP contribution in [-0.2, 0) is 23.1 Å². The van der Waals surface area contributed by atoms with Gasteiger partial charge in [0.15, 0.2) is 0 Å². The van der Waals surface area contributed by atoms with E-state index in [1.807, 2.05) is 0 Å². The van der Waals surface area contributed by atoms with Gasteiger partial charge in [0.2, 0.25) is 5.78 Å². The summed E-state index contributed by atoms with van der Waals surface area (Å²) in [4.78, 5) is 36.4. The smallest absolute Gasteiger partial charge is 0.507 e. The highest BCUT2D eigenvalue weighted by Gasteiger charge is 2.31. The summed E-state index contributed by atoms with van der Waals surface area (Å²) < 4.78 is 43.6. The van der Waals surface area contributed by atoms with Gasteiger partial charge in [-0.15, -0.1) is 13.2 Å². The predicted molar refractivity (Wildman–Crippen MR) is 140 cm³/mol. The van der Waals surface area contributed by atoms with E-state index in [4.69, 9.17) is 0 Å². The van der Waals surface area contributed by atoms with Crippen LogP contribution in [0.15, 0.2) is 60.7 Å². The highest BCUT2D eigenvalue weighted by Crippen LogP contribution is 2.37. The number of benzene rings is 3. The van der Waals surface area contributed by atoms with Crippen molar-refractivity contribution in [3.8, 4) is 22.8 Å². The molecule has 4 aromatic rings. The number of fused-ring (bicyclic) bond motifs is 1. The molecule has 8 nitrogen and oxygen atoms in total. The van der Waals surface area contributed by atoms with E-state index < -0.39 is 29.8 Å². The van der Waals surface area contributed by atoms with Crippen molar-refractivity contribution < 1.29 is 42.5 Å². The summed E-state index contributed by atoms with van der Waals surface area (Å²) in [5.74, 6) is -3.98. The zero-order chi connectivity index (χ0) is 27.8. The van der Waals surface area contributed by atoms with Gasteiger partial charge >= 0.3 is 12.3 Å². The van der Waals surface area contributed by atoms with Crippen LogP contribution in [0.1, 0.15) is 15.9 Å². The van der Waals surface area contributed by atoms with Gasteiger partial charge in [0.1, 0.15) is 17.1 Å². The second-order valence-corrected chi connectivity index (χ2v) is 9.32. The van der Waals surface area contributed by atoms with Gasteiger partial charge in [0.25, 0.3) is 5.91 Å². The highest BCUT2D eigenvalue weighted by molar-refractivity contribution is 14.1. The van der Waals surface area contributed by atoms with Gasteiger partial charge in [-0.1, -0.05) is 24.3 Å². The van der Waals surface area contributed by atoms with Crippen molar-refractivity contribution in [2.45, 2.75) is 12.8 Å². The molecular weight excluding hydrogens is 620 g/mol. The van der Waals surface area contributed by atoms with Crippen LogP contribution in [0.4, 0.5) is 18.9 Å². The minimum atomic E-state index is -4.90. The van der Waals surface area contributed by atoms with Crippen LogP contribution in [0.3, 0.4) is 0 Å². The molecule has 0 spiro atoms. The Hall–Kier alpha value is -4.07. The number of nitrogens with zero attached hydrogens (tertiary/aromatic N) is 1. The van der Waals surface area contributed by atoms with Gasteiger partial charge in [-0.3, -0.25) is 9.59 Å². The molecule has 0 aliphatic rings. The first-order valence-corrected chi connectivity index (χ1v) is 12.0. The summed E-state index contributed by atoms with van der Waals surface area (Å²) in [6, 6.07) is 14.2. The zero-order valence-electron chi connectivity index (χ0n) is 19.5. The number of amides is 1. The zero-order valence-corrected chi connectivity index (χ0v) is 21.6. The van der Waals surface area contributed by atoms with E-state index in [2.05, 4.69) is 32.6 Å². The number of carboxylic acids is 1. The topological polar surface area (TPSA) is 118 Å². The fourth-order valence-corrected chi connectivity index (χ4v) is 5.09. The van der Waals surface area contributed by atoms with Crippen LogP contribution in [0.2, 0.25) is 0 Å². The first kappa shape index (κ1) is 27.0. The number of Topliss-reactive ketones (excluding diaryl/α,β-unsaturated/α-hetero) is 1. The number of rotatable bonds is 7. The van der Waals surface area contributed by atoms with E-state index in [0.717, 1.165) is 15.7 Å². The standard InChI is InChI=1S/C26H18F3IN2O6/c1-32-19-12-20(33)18(25(36)37)11-17(19)22(30)23(32)14-5-2-4-13(8-14)9-21(34)24(35)31-15-6-3-7-16(10-15)38-26(27,28)29/h2-8,10-12,33H,9H2,1H3,(H,31,35)(H,36,37). The summed E-state index contributed by atoms with van der Waals surface area (Å²) in [6.07, 6.45) is -5.17. The Bertz CT molecular complexity index is 1600. The Morgan fingerprint density at radius 2 is 1.76 bits per heavy atom. The Balaban J connectivity index is 1.56. The number of aromatic hydroxyl groups is 1. The SMILES string of the molecule is Cn1c(-c2cccc(CC(=O)C(=O)Nc3cccc(OC(F)(F)F)c3)c2)c(I)c2cc(C(=O)O)c(O)cc21. The third-order valence-electron chi connectivity index (χ3n) is 5.63. The predicted octanol–water partition coefficient (Wildman–Crippen LogP) is 5.50. The fraction of sp³-hybridized carbons (Fsp3) is 0.115. The van der Waals surface area contributed by atoms with Crippen LogP contribution < -0.4 is 10.1 Å². The van der Waals surface area contributed by atoms with Gasteiger partial charge in [-0.2, -0.15) is 0 Å². The second-order valence-electron chi connectivity index (χ2n) is 8.24. The number of aryl methyl sites for hydroxylation is 1. The molecule has 0 fully saturated rings. The molecule has 0 aliphatic heterocycles. The molecule has 196 valence electrons. The van der Waals surface area contributed by atoms with Crippen molar-refractivity contribution in [2.75, 3.05) is 5.32 Å². The van der Waals surface area contributed by atoms with E-state index in [9.17, 15) is 37.8 Å². The molecular formula is C26H18F3IN2O6. The monoisotopic (exact) mass is 638 g/mol. The van der Waals surface area contributed by atoms with Crippen molar-refractivity contribution >= 4 is 56.8 Å². The van der Waals surface area contributed by atoms with Crippen molar-refractivity contribution in [1.29, 1.82) is 0 Å². The molecule has 1 amide bonds. The normalized spacial score (nSPS) is 11.4. The van der Waals surface area contributed by atoms with Crippen molar-refractivity contribution in [3.63, 3.8) is 0 Å². The molecule has 0 atom stereocenters. The molecule has 3 aromatic carbocycles. The maximum atomic E-state index is 12.6. The van der Waals surface area contributed by atoms with Crippen LogP contribution in [-0.4, -0.2) is 38.8 Å². The van der Waals surface area contributed by atoms with Gasteiger partial charge in [-0.25, -0.2) is 4.79 Å². The van der Waals surface area contributed by atoms with E-state index in [1.165, 1.54) is 24.3 Å². The van der Waals surface area contributed by atoms with Crippen LogP contribution in [0, 0.1) is 3.57 Å².